The van der Waals surface area contributed by atoms with Crippen LogP contribution >= 0.6 is 0 Å². The highest BCUT2D eigenvalue weighted by Crippen LogP contribution is 2.38. The Hall–Kier alpha value is -3.22. The van der Waals surface area contributed by atoms with E-state index in [9.17, 15) is 9.50 Å². The van der Waals surface area contributed by atoms with Crippen LogP contribution in [-0.4, -0.2) is 41.7 Å². The van der Waals surface area contributed by atoms with Crippen LogP contribution in [0.15, 0.2) is 66.9 Å². The molecule has 6 heteroatoms. The number of nitrogens with zero attached hydrogens (tertiary/aromatic N) is 2. The molecule has 34 heavy (non-hydrogen) atoms. The van der Waals surface area contributed by atoms with Gasteiger partial charge in [-0.25, -0.2) is 4.39 Å². The summed E-state index contributed by atoms with van der Waals surface area (Å²) in [6.45, 7) is 2.91. The third-order valence-corrected chi connectivity index (χ3v) is 6.88. The molecular formula is C28H29FN2O3. The van der Waals surface area contributed by atoms with Gasteiger partial charge in [0.05, 0.1) is 18.4 Å². The van der Waals surface area contributed by atoms with Crippen molar-refractivity contribution in [3.63, 3.8) is 0 Å². The number of rotatable bonds is 5. The number of hydrogen-bond donors (Lipinski definition) is 1. The number of halogens is 1. The van der Waals surface area contributed by atoms with Gasteiger partial charge in [-0.2, -0.15) is 0 Å². The van der Waals surface area contributed by atoms with Gasteiger partial charge in [0.25, 0.3) is 0 Å². The number of methoxy groups -OCH3 is 1. The van der Waals surface area contributed by atoms with Crippen molar-refractivity contribution >= 4 is 5.57 Å². The van der Waals surface area contributed by atoms with Crippen LogP contribution < -0.4 is 9.47 Å². The van der Waals surface area contributed by atoms with E-state index in [1.165, 1.54) is 12.1 Å². The second kappa shape index (κ2) is 9.57. The van der Waals surface area contributed by atoms with Crippen LogP contribution in [0.2, 0.25) is 0 Å². The average Bonchev–Trinajstić information content (AvgIpc) is 3.02. The number of aliphatic hydroxyl groups is 1. The SMILES string of the molecule is COc1ccc2c(c1)/C(=C/CCN1CCC(O)(c3ccc(F)cc3)CC1)c1cccnc1CO2. The number of aromatic nitrogens is 1. The van der Waals surface area contributed by atoms with Crippen molar-refractivity contribution in [1.29, 1.82) is 0 Å². The Balaban J connectivity index is 1.31. The summed E-state index contributed by atoms with van der Waals surface area (Å²) < 4.78 is 24.8. The summed E-state index contributed by atoms with van der Waals surface area (Å²) in [7, 11) is 1.67. The second-order valence-corrected chi connectivity index (χ2v) is 8.94. The maximum absolute atomic E-state index is 13.3. The predicted octanol–water partition coefficient (Wildman–Crippen LogP) is 4.93. The van der Waals surface area contributed by atoms with Gasteiger partial charge in [0.15, 0.2) is 0 Å². The Morgan fingerprint density at radius 2 is 1.91 bits per heavy atom. The van der Waals surface area contributed by atoms with E-state index in [0.29, 0.717) is 19.4 Å². The summed E-state index contributed by atoms with van der Waals surface area (Å²) in [5, 5.41) is 11.1. The highest BCUT2D eigenvalue weighted by molar-refractivity contribution is 5.85. The monoisotopic (exact) mass is 460 g/mol. The molecule has 3 aromatic rings. The molecule has 1 aromatic heterocycles. The number of likely N-dealkylation sites (tertiary alicyclic amines) is 1. The summed E-state index contributed by atoms with van der Waals surface area (Å²) in [4.78, 5) is 6.92. The summed E-state index contributed by atoms with van der Waals surface area (Å²) >= 11 is 0. The molecule has 176 valence electrons. The lowest BCUT2D eigenvalue weighted by atomic mass is 9.84. The third-order valence-electron chi connectivity index (χ3n) is 6.88. The third kappa shape index (κ3) is 4.56. The normalized spacial score (nSPS) is 18.5. The first-order valence-electron chi connectivity index (χ1n) is 11.7. The molecule has 0 aliphatic carbocycles. The molecule has 0 bridgehead atoms. The molecule has 1 N–H and O–H groups in total. The van der Waals surface area contributed by atoms with E-state index in [4.69, 9.17) is 9.47 Å². The molecule has 2 aliphatic rings. The lowest BCUT2D eigenvalue weighted by Gasteiger charge is -2.38. The largest absolute Gasteiger partial charge is 0.497 e. The van der Waals surface area contributed by atoms with Gasteiger partial charge in [-0.05, 0) is 66.8 Å². The molecule has 0 radical (unpaired) electrons. The number of pyridine rings is 1. The van der Waals surface area contributed by atoms with E-state index >= 15 is 0 Å². The molecular weight excluding hydrogens is 431 g/mol. The minimum absolute atomic E-state index is 0.280. The van der Waals surface area contributed by atoms with Gasteiger partial charge in [0.2, 0.25) is 0 Å². The molecule has 2 aromatic carbocycles. The number of ether oxygens (including phenoxy) is 2. The van der Waals surface area contributed by atoms with E-state index in [1.54, 1.807) is 25.4 Å². The molecule has 5 rings (SSSR count). The van der Waals surface area contributed by atoms with Crippen molar-refractivity contribution in [2.24, 2.45) is 0 Å². The van der Waals surface area contributed by atoms with Gasteiger partial charge in [-0.1, -0.05) is 24.3 Å². The van der Waals surface area contributed by atoms with Gasteiger partial charge in [0.1, 0.15) is 23.9 Å². The van der Waals surface area contributed by atoms with Crippen LogP contribution in [0.4, 0.5) is 4.39 Å². The molecule has 2 aliphatic heterocycles. The Labute approximate surface area is 199 Å². The predicted molar refractivity (Wildman–Crippen MR) is 129 cm³/mol. The van der Waals surface area contributed by atoms with E-state index in [1.807, 2.05) is 24.3 Å². The smallest absolute Gasteiger partial charge is 0.131 e. The van der Waals surface area contributed by atoms with Crippen molar-refractivity contribution in [3.8, 4) is 11.5 Å². The minimum Gasteiger partial charge on any atom is -0.497 e. The zero-order valence-corrected chi connectivity index (χ0v) is 19.3. The molecule has 5 nitrogen and oxygen atoms in total. The fourth-order valence-electron chi connectivity index (χ4n) is 4.87. The molecule has 0 saturated carbocycles. The summed E-state index contributed by atoms with van der Waals surface area (Å²) in [6.07, 6.45) is 6.18. The molecule has 1 fully saturated rings. The van der Waals surface area contributed by atoms with Crippen molar-refractivity contribution in [3.05, 3.63) is 95.1 Å². The van der Waals surface area contributed by atoms with Crippen LogP contribution in [-0.2, 0) is 12.2 Å². The van der Waals surface area contributed by atoms with Gasteiger partial charge in [-0.15, -0.1) is 0 Å². The Kier molecular flexibility index (Phi) is 6.35. The average molecular weight is 461 g/mol. The van der Waals surface area contributed by atoms with Gasteiger partial charge < -0.3 is 19.5 Å². The fourth-order valence-corrected chi connectivity index (χ4v) is 4.87. The Morgan fingerprint density at radius 3 is 2.68 bits per heavy atom. The van der Waals surface area contributed by atoms with Gasteiger partial charge >= 0.3 is 0 Å². The van der Waals surface area contributed by atoms with Crippen molar-refractivity contribution in [2.45, 2.75) is 31.5 Å². The highest BCUT2D eigenvalue weighted by Gasteiger charge is 2.33. The maximum Gasteiger partial charge on any atom is 0.131 e. The van der Waals surface area contributed by atoms with Crippen LogP contribution in [0.1, 0.15) is 41.6 Å². The summed E-state index contributed by atoms with van der Waals surface area (Å²) in [5.41, 5.74) is 4.03. The lowest BCUT2D eigenvalue weighted by Crippen LogP contribution is -2.42. The summed E-state index contributed by atoms with van der Waals surface area (Å²) in [5.74, 6) is 1.33. The Bertz CT molecular complexity index is 1180. The van der Waals surface area contributed by atoms with Gasteiger partial charge in [0, 0.05) is 37.0 Å². The van der Waals surface area contributed by atoms with Crippen molar-refractivity contribution in [2.75, 3.05) is 26.7 Å². The molecule has 0 atom stereocenters. The van der Waals surface area contributed by atoms with Crippen molar-refractivity contribution in [1.82, 2.24) is 9.88 Å². The maximum atomic E-state index is 13.3. The van der Waals surface area contributed by atoms with Crippen LogP contribution in [0, 0.1) is 5.82 Å². The fraction of sp³-hybridized carbons (Fsp3) is 0.321. The zero-order valence-electron chi connectivity index (χ0n) is 19.3. The number of benzene rings is 2. The van der Waals surface area contributed by atoms with Crippen LogP contribution in [0.5, 0.6) is 11.5 Å². The van der Waals surface area contributed by atoms with E-state index < -0.39 is 5.60 Å². The standard InChI is InChI=1S/C28H29FN2O3/c1-33-22-10-11-27-25(18-22)23(24-4-2-14-30-26(24)19-34-27)5-3-15-31-16-12-28(32,13-17-31)20-6-8-21(29)9-7-20/h2,4-11,14,18,32H,3,12-13,15-17,19H2,1H3/b23-5+. The number of piperidine rings is 1. The molecule has 0 amide bonds. The minimum atomic E-state index is -0.888. The molecule has 3 heterocycles. The van der Waals surface area contributed by atoms with E-state index in [2.05, 4.69) is 22.0 Å². The van der Waals surface area contributed by atoms with Crippen LogP contribution in [0.25, 0.3) is 5.57 Å². The topological polar surface area (TPSA) is 54.8 Å². The first-order valence-corrected chi connectivity index (χ1v) is 11.7. The first-order chi connectivity index (χ1) is 16.6. The van der Waals surface area contributed by atoms with Gasteiger partial charge in [-0.3, -0.25) is 4.98 Å². The summed E-state index contributed by atoms with van der Waals surface area (Å²) in [6, 6.07) is 16.2. The molecule has 0 unspecified atom stereocenters. The lowest BCUT2D eigenvalue weighted by molar-refractivity contribution is -0.0254. The zero-order chi connectivity index (χ0) is 23.5. The van der Waals surface area contributed by atoms with Crippen LogP contribution in [0.3, 0.4) is 0 Å². The second-order valence-electron chi connectivity index (χ2n) is 8.94. The Morgan fingerprint density at radius 1 is 1.12 bits per heavy atom. The molecule has 0 spiro atoms. The first kappa shape index (κ1) is 22.6. The number of hydrogen-bond acceptors (Lipinski definition) is 5. The van der Waals surface area contributed by atoms with Crippen molar-refractivity contribution < 1.29 is 19.0 Å². The van der Waals surface area contributed by atoms with E-state index in [-0.39, 0.29) is 5.82 Å². The molecule has 1 saturated heterocycles. The quantitative estimate of drug-likeness (QED) is 0.585. The number of fused-ring (bicyclic) bond motifs is 2. The van der Waals surface area contributed by atoms with E-state index in [0.717, 1.165) is 65.5 Å². The highest BCUT2D eigenvalue weighted by atomic mass is 19.1.